The maximum atomic E-state index is 10.6. The Bertz CT molecular complexity index is 672. The van der Waals surface area contributed by atoms with Gasteiger partial charge in [-0.3, -0.25) is 15.1 Å². The van der Waals surface area contributed by atoms with Gasteiger partial charge >= 0.3 is 0 Å². The first-order chi connectivity index (χ1) is 9.20. The molecule has 0 fully saturated rings. The molecule has 0 radical (unpaired) electrons. The molecule has 0 atom stereocenters. The van der Waals surface area contributed by atoms with Crippen molar-refractivity contribution >= 4 is 5.69 Å². The molecule has 0 unspecified atom stereocenters. The summed E-state index contributed by atoms with van der Waals surface area (Å²) < 4.78 is 0. The van der Waals surface area contributed by atoms with Crippen LogP contribution in [0.15, 0.2) is 42.6 Å². The molecule has 0 saturated heterocycles. The molecule has 5 heteroatoms. The molecule has 5 nitrogen and oxygen atoms in total. The third-order valence-corrected chi connectivity index (χ3v) is 2.44. The van der Waals surface area contributed by atoms with E-state index < -0.39 is 4.92 Å². The fraction of sp³-hybridized carbons (Fsp3) is 0.0714. The molecule has 0 aliphatic carbocycles. The Balaban J connectivity index is 2.34. The van der Waals surface area contributed by atoms with Crippen molar-refractivity contribution in [2.75, 3.05) is 0 Å². The number of non-ortho nitro benzene ring substituents is 1. The van der Waals surface area contributed by atoms with Gasteiger partial charge in [0.25, 0.3) is 5.69 Å². The van der Waals surface area contributed by atoms with Crippen LogP contribution in [-0.4, -0.2) is 15.0 Å². The first kappa shape index (κ1) is 12.7. The third-order valence-electron chi connectivity index (χ3n) is 2.44. The Kier molecular flexibility index (Phi) is 3.86. The summed E-state index contributed by atoms with van der Waals surface area (Å²) in [4.78, 5) is 14.2. The molecule has 1 aromatic heterocycles. The molecule has 19 heavy (non-hydrogen) atoms. The van der Waals surface area contributed by atoms with E-state index in [1.165, 1.54) is 12.1 Å². The molecule has 0 aliphatic heterocycles. The highest BCUT2D eigenvalue weighted by Gasteiger charge is 2.04. The van der Waals surface area contributed by atoms with Gasteiger partial charge in [-0.2, -0.15) is 0 Å². The van der Waals surface area contributed by atoms with Gasteiger partial charge < -0.3 is 5.11 Å². The van der Waals surface area contributed by atoms with Crippen molar-refractivity contribution in [2.24, 2.45) is 0 Å². The SMILES string of the molecule is O=[N+]([O-])c1cccc(C#Cc2cccnc2CO)c1. The normalized spacial score (nSPS) is 9.53. The van der Waals surface area contributed by atoms with Gasteiger partial charge in [-0.15, -0.1) is 0 Å². The van der Waals surface area contributed by atoms with E-state index in [-0.39, 0.29) is 12.3 Å². The highest BCUT2D eigenvalue weighted by Crippen LogP contribution is 2.12. The Labute approximate surface area is 109 Å². The first-order valence-corrected chi connectivity index (χ1v) is 5.52. The van der Waals surface area contributed by atoms with Gasteiger partial charge in [0, 0.05) is 29.5 Å². The quantitative estimate of drug-likeness (QED) is 0.504. The average molecular weight is 254 g/mol. The molecule has 2 rings (SSSR count). The van der Waals surface area contributed by atoms with Gasteiger partial charge in [0.1, 0.15) is 0 Å². The van der Waals surface area contributed by atoms with Gasteiger partial charge in [-0.1, -0.05) is 17.9 Å². The Morgan fingerprint density at radius 2 is 2.11 bits per heavy atom. The molecular weight excluding hydrogens is 244 g/mol. The van der Waals surface area contributed by atoms with Gasteiger partial charge in [-0.05, 0) is 18.2 Å². The number of nitro groups is 1. The summed E-state index contributed by atoms with van der Waals surface area (Å²) in [6, 6.07) is 9.54. The summed E-state index contributed by atoms with van der Waals surface area (Å²) in [5.74, 6) is 5.68. The predicted molar refractivity (Wildman–Crippen MR) is 69.2 cm³/mol. The zero-order chi connectivity index (χ0) is 13.7. The zero-order valence-electron chi connectivity index (χ0n) is 9.91. The van der Waals surface area contributed by atoms with Gasteiger partial charge in [0.15, 0.2) is 0 Å². The van der Waals surface area contributed by atoms with E-state index in [2.05, 4.69) is 16.8 Å². The standard InChI is InChI=1S/C14H10N2O3/c17-10-14-12(4-2-8-15-14)7-6-11-3-1-5-13(9-11)16(18)19/h1-5,8-9,17H,10H2. The van der Waals surface area contributed by atoms with Crippen LogP contribution in [0.3, 0.4) is 0 Å². The lowest BCUT2D eigenvalue weighted by Crippen LogP contribution is -1.93. The lowest BCUT2D eigenvalue weighted by molar-refractivity contribution is -0.384. The molecule has 1 aromatic carbocycles. The number of aliphatic hydroxyl groups excluding tert-OH is 1. The van der Waals surface area contributed by atoms with Crippen LogP contribution in [0.1, 0.15) is 16.8 Å². The maximum absolute atomic E-state index is 10.6. The minimum absolute atomic E-state index is 0.000341. The minimum atomic E-state index is -0.464. The van der Waals surface area contributed by atoms with E-state index in [0.717, 1.165) is 0 Å². The molecule has 0 saturated carbocycles. The molecular formula is C14H10N2O3. The summed E-state index contributed by atoms with van der Waals surface area (Å²) in [6.07, 6.45) is 1.57. The number of hydrogen-bond donors (Lipinski definition) is 1. The minimum Gasteiger partial charge on any atom is -0.390 e. The molecule has 0 amide bonds. The van der Waals surface area contributed by atoms with Crippen LogP contribution in [0.2, 0.25) is 0 Å². The Morgan fingerprint density at radius 1 is 1.26 bits per heavy atom. The Hall–Kier alpha value is -2.71. The van der Waals surface area contributed by atoms with E-state index >= 15 is 0 Å². The second-order valence-corrected chi connectivity index (χ2v) is 3.71. The largest absolute Gasteiger partial charge is 0.390 e. The van der Waals surface area contributed by atoms with Gasteiger partial charge in [-0.25, -0.2) is 0 Å². The van der Waals surface area contributed by atoms with Crippen LogP contribution in [0.5, 0.6) is 0 Å². The van der Waals surface area contributed by atoms with Crippen molar-refractivity contribution in [3.05, 3.63) is 69.5 Å². The van der Waals surface area contributed by atoms with Crippen LogP contribution in [0.4, 0.5) is 5.69 Å². The predicted octanol–water partition coefficient (Wildman–Crippen LogP) is 1.88. The molecule has 94 valence electrons. The lowest BCUT2D eigenvalue weighted by atomic mass is 10.1. The second kappa shape index (κ2) is 5.76. The van der Waals surface area contributed by atoms with Crippen LogP contribution in [0.25, 0.3) is 0 Å². The van der Waals surface area contributed by atoms with E-state index in [9.17, 15) is 10.1 Å². The summed E-state index contributed by atoms with van der Waals surface area (Å²) in [5.41, 5.74) is 1.64. The van der Waals surface area contributed by atoms with Crippen LogP contribution >= 0.6 is 0 Å². The number of aromatic nitrogens is 1. The smallest absolute Gasteiger partial charge is 0.270 e. The van der Waals surface area contributed by atoms with Crippen molar-refractivity contribution in [3.8, 4) is 11.8 Å². The zero-order valence-corrected chi connectivity index (χ0v) is 9.91. The number of aliphatic hydroxyl groups is 1. The second-order valence-electron chi connectivity index (χ2n) is 3.71. The average Bonchev–Trinajstić information content (AvgIpc) is 2.45. The van der Waals surface area contributed by atoms with Gasteiger partial charge in [0.2, 0.25) is 0 Å². The van der Waals surface area contributed by atoms with Crippen LogP contribution in [0, 0.1) is 22.0 Å². The van der Waals surface area contributed by atoms with Crippen molar-refractivity contribution < 1.29 is 10.0 Å². The van der Waals surface area contributed by atoms with Crippen LogP contribution < -0.4 is 0 Å². The van der Waals surface area contributed by atoms with E-state index in [1.54, 1.807) is 30.5 Å². The topological polar surface area (TPSA) is 76.3 Å². The number of hydrogen-bond acceptors (Lipinski definition) is 4. The van der Waals surface area contributed by atoms with E-state index in [0.29, 0.717) is 16.8 Å². The molecule has 1 heterocycles. The van der Waals surface area contributed by atoms with Crippen molar-refractivity contribution in [3.63, 3.8) is 0 Å². The van der Waals surface area contributed by atoms with Crippen LogP contribution in [-0.2, 0) is 6.61 Å². The Morgan fingerprint density at radius 3 is 2.84 bits per heavy atom. The number of pyridine rings is 1. The highest BCUT2D eigenvalue weighted by molar-refractivity contribution is 5.47. The summed E-state index contributed by atoms with van der Waals surface area (Å²) in [6.45, 7) is -0.195. The highest BCUT2D eigenvalue weighted by atomic mass is 16.6. The molecule has 0 spiro atoms. The number of nitro benzene ring substituents is 1. The number of nitrogens with zero attached hydrogens (tertiary/aromatic N) is 2. The monoisotopic (exact) mass is 254 g/mol. The fourth-order valence-corrected chi connectivity index (χ4v) is 1.51. The maximum Gasteiger partial charge on any atom is 0.270 e. The number of rotatable bonds is 2. The van der Waals surface area contributed by atoms with Crippen molar-refractivity contribution in [2.45, 2.75) is 6.61 Å². The van der Waals surface area contributed by atoms with Gasteiger partial charge in [0.05, 0.1) is 17.2 Å². The number of benzene rings is 1. The van der Waals surface area contributed by atoms with E-state index in [4.69, 9.17) is 5.11 Å². The van der Waals surface area contributed by atoms with Crippen molar-refractivity contribution in [1.29, 1.82) is 0 Å². The summed E-state index contributed by atoms with van der Waals surface area (Å²) >= 11 is 0. The third kappa shape index (κ3) is 3.15. The molecule has 0 aliphatic rings. The lowest BCUT2D eigenvalue weighted by Gasteiger charge is -1.97. The molecule has 1 N–H and O–H groups in total. The summed E-state index contributed by atoms with van der Waals surface area (Å²) in [5, 5.41) is 19.8. The molecule has 0 bridgehead atoms. The van der Waals surface area contributed by atoms with Crippen molar-refractivity contribution in [1.82, 2.24) is 4.98 Å². The summed E-state index contributed by atoms with van der Waals surface area (Å²) in [7, 11) is 0. The first-order valence-electron chi connectivity index (χ1n) is 5.52. The van der Waals surface area contributed by atoms with E-state index in [1.807, 2.05) is 0 Å². The molecule has 2 aromatic rings. The fourth-order valence-electron chi connectivity index (χ4n) is 1.51.